The Morgan fingerprint density at radius 3 is 2.41 bits per heavy atom. The summed E-state index contributed by atoms with van der Waals surface area (Å²) >= 11 is 6.23. The number of nitrogens with two attached hydrogens (primary N) is 1. The number of aromatic nitrogens is 3. The van der Waals surface area contributed by atoms with Gasteiger partial charge in [0.2, 0.25) is 0 Å². The molecule has 10 heteroatoms. The maximum Gasteiger partial charge on any atom is 0.280 e. The zero-order chi connectivity index (χ0) is 25.8. The highest BCUT2D eigenvalue weighted by Gasteiger charge is 2.51. The Kier molecular flexibility index (Phi) is 7.00. The van der Waals surface area contributed by atoms with Crippen LogP contribution in [0.1, 0.15) is 15.9 Å². The van der Waals surface area contributed by atoms with Crippen LogP contribution in [0.15, 0.2) is 85.5 Å². The van der Waals surface area contributed by atoms with E-state index in [1.807, 2.05) is 60.7 Å². The highest BCUT2D eigenvalue weighted by molar-refractivity contribution is 6.30. The quantitative estimate of drug-likeness (QED) is 0.370. The molecule has 3 N–H and O–H groups in total. The molecule has 5 rings (SSSR count). The lowest BCUT2D eigenvalue weighted by Crippen LogP contribution is -2.61. The molecule has 0 aliphatic carbocycles. The van der Waals surface area contributed by atoms with Gasteiger partial charge in [-0.15, -0.1) is 0 Å². The molecule has 2 aromatic heterocycles. The average Bonchev–Trinajstić information content (AvgIpc) is 3.61. The van der Waals surface area contributed by atoms with Crippen LogP contribution in [0.25, 0.3) is 17.1 Å². The summed E-state index contributed by atoms with van der Waals surface area (Å²) in [5, 5.41) is 3.17. The molecule has 188 valence electrons. The molecule has 0 saturated carbocycles. The van der Waals surface area contributed by atoms with Crippen LogP contribution in [0, 0.1) is 0 Å². The smallest absolute Gasteiger partial charge is 0.280 e. The van der Waals surface area contributed by atoms with Crippen LogP contribution in [0.3, 0.4) is 0 Å². The number of primary amides is 1. The molecule has 1 fully saturated rings. The SMILES string of the molecule is NC(=O)C1(C(Cc2ccccc2)NC(=O)c2cc(Cl)cnc2-n2cnc(-c3ccccc3)c2)OCCO1. The minimum Gasteiger partial charge on any atom is -0.365 e. The van der Waals surface area contributed by atoms with Crippen molar-refractivity contribution >= 4 is 23.4 Å². The number of pyridine rings is 1. The van der Waals surface area contributed by atoms with E-state index >= 15 is 0 Å². The van der Waals surface area contributed by atoms with Gasteiger partial charge in [-0.05, 0) is 18.1 Å². The largest absolute Gasteiger partial charge is 0.365 e. The molecule has 2 aromatic carbocycles. The highest BCUT2D eigenvalue weighted by atomic mass is 35.5. The lowest BCUT2D eigenvalue weighted by Gasteiger charge is -2.33. The van der Waals surface area contributed by atoms with Crippen LogP contribution < -0.4 is 11.1 Å². The van der Waals surface area contributed by atoms with E-state index in [-0.39, 0.29) is 30.2 Å². The lowest BCUT2D eigenvalue weighted by molar-refractivity contribution is -0.189. The second-order valence-electron chi connectivity index (χ2n) is 8.50. The van der Waals surface area contributed by atoms with E-state index in [9.17, 15) is 9.59 Å². The minimum atomic E-state index is -1.81. The molecule has 2 amide bonds. The first-order valence-corrected chi connectivity index (χ1v) is 12.0. The van der Waals surface area contributed by atoms with Crippen molar-refractivity contribution in [3.63, 3.8) is 0 Å². The normalized spacial score (nSPS) is 15.3. The second kappa shape index (κ2) is 10.5. The van der Waals surface area contributed by atoms with Gasteiger partial charge in [0.15, 0.2) is 5.82 Å². The van der Waals surface area contributed by atoms with Crippen molar-refractivity contribution in [1.82, 2.24) is 19.9 Å². The first kappa shape index (κ1) is 24.6. The Bertz CT molecular complexity index is 1400. The third-order valence-corrected chi connectivity index (χ3v) is 6.29. The van der Waals surface area contributed by atoms with Crippen molar-refractivity contribution < 1.29 is 19.1 Å². The fourth-order valence-corrected chi connectivity index (χ4v) is 4.47. The van der Waals surface area contributed by atoms with E-state index in [1.54, 1.807) is 17.1 Å². The third-order valence-electron chi connectivity index (χ3n) is 6.08. The summed E-state index contributed by atoms with van der Waals surface area (Å²) < 4.78 is 13.0. The number of hydrogen-bond acceptors (Lipinski definition) is 6. The van der Waals surface area contributed by atoms with Crippen molar-refractivity contribution in [3.05, 3.63) is 102 Å². The van der Waals surface area contributed by atoms with E-state index in [1.165, 1.54) is 12.3 Å². The Balaban J connectivity index is 1.49. The van der Waals surface area contributed by atoms with Gasteiger partial charge in [0.1, 0.15) is 6.33 Å². The van der Waals surface area contributed by atoms with Crippen LogP contribution in [0.5, 0.6) is 0 Å². The predicted octanol–water partition coefficient (Wildman–Crippen LogP) is 3.16. The molecule has 1 saturated heterocycles. The van der Waals surface area contributed by atoms with Crippen LogP contribution in [-0.2, 0) is 20.7 Å². The van der Waals surface area contributed by atoms with Gasteiger partial charge in [-0.1, -0.05) is 72.3 Å². The third kappa shape index (κ3) is 5.10. The standard InChI is InChI=1S/C27H24ClN5O4/c28-20-14-21(24(30-15-20)33-16-22(31-17-33)19-9-5-2-6-10-19)25(34)32-23(13-18-7-3-1-4-8-18)27(26(29)35)36-11-12-37-27/h1-10,14-17,23H,11-13H2,(H2,29,35)(H,32,34). The van der Waals surface area contributed by atoms with Gasteiger partial charge in [0.25, 0.3) is 17.6 Å². The number of nitrogens with one attached hydrogen (secondary N) is 1. The van der Waals surface area contributed by atoms with Gasteiger partial charge in [-0.25, -0.2) is 9.97 Å². The zero-order valence-electron chi connectivity index (χ0n) is 19.7. The van der Waals surface area contributed by atoms with Crippen LogP contribution in [0.2, 0.25) is 5.02 Å². The lowest BCUT2D eigenvalue weighted by atomic mass is 9.97. The molecule has 1 aliphatic heterocycles. The number of nitrogens with zero attached hydrogens (tertiary/aromatic N) is 3. The number of amides is 2. The Labute approximate surface area is 218 Å². The summed E-state index contributed by atoms with van der Waals surface area (Å²) in [4.78, 5) is 35.1. The average molecular weight is 518 g/mol. The number of benzene rings is 2. The highest BCUT2D eigenvalue weighted by Crippen LogP contribution is 2.27. The van der Waals surface area contributed by atoms with Gasteiger partial charge in [0.05, 0.1) is 35.5 Å². The second-order valence-corrected chi connectivity index (χ2v) is 8.94. The van der Waals surface area contributed by atoms with Crippen molar-refractivity contribution in [2.75, 3.05) is 13.2 Å². The van der Waals surface area contributed by atoms with E-state index in [0.29, 0.717) is 11.5 Å². The maximum atomic E-state index is 13.7. The van der Waals surface area contributed by atoms with Gasteiger partial charge in [0, 0.05) is 18.0 Å². The van der Waals surface area contributed by atoms with E-state index in [0.717, 1.165) is 11.1 Å². The molecule has 3 heterocycles. The summed E-state index contributed by atoms with van der Waals surface area (Å²) in [5.74, 6) is -2.84. The molecule has 0 radical (unpaired) electrons. The van der Waals surface area contributed by atoms with Crippen molar-refractivity contribution in [1.29, 1.82) is 0 Å². The summed E-state index contributed by atoms with van der Waals surface area (Å²) in [6.45, 7) is 0.344. The first-order valence-electron chi connectivity index (χ1n) is 11.6. The van der Waals surface area contributed by atoms with Crippen molar-refractivity contribution in [2.45, 2.75) is 18.2 Å². The molecule has 4 aromatic rings. The van der Waals surface area contributed by atoms with E-state index < -0.39 is 23.6 Å². The number of rotatable bonds is 8. The van der Waals surface area contributed by atoms with Gasteiger partial charge in [-0.3, -0.25) is 14.2 Å². The predicted molar refractivity (Wildman–Crippen MR) is 137 cm³/mol. The minimum absolute atomic E-state index is 0.172. The van der Waals surface area contributed by atoms with E-state index in [4.69, 9.17) is 26.8 Å². The maximum absolute atomic E-state index is 13.7. The molecule has 1 atom stereocenters. The zero-order valence-corrected chi connectivity index (χ0v) is 20.5. The van der Waals surface area contributed by atoms with Crippen LogP contribution in [0.4, 0.5) is 0 Å². The molecular formula is C27H24ClN5O4. The summed E-state index contributed by atoms with van der Waals surface area (Å²) in [7, 11) is 0. The number of ether oxygens (including phenoxy) is 2. The Morgan fingerprint density at radius 2 is 1.73 bits per heavy atom. The Hall–Kier alpha value is -4.05. The van der Waals surface area contributed by atoms with Gasteiger partial charge in [-0.2, -0.15) is 0 Å². The Morgan fingerprint density at radius 1 is 1.05 bits per heavy atom. The number of carbonyl (C=O) groups is 2. The molecular weight excluding hydrogens is 494 g/mol. The molecule has 0 spiro atoms. The van der Waals surface area contributed by atoms with Gasteiger partial charge < -0.3 is 20.5 Å². The fourth-order valence-electron chi connectivity index (χ4n) is 4.31. The first-order chi connectivity index (χ1) is 18.0. The van der Waals surface area contributed by atoms with Crippen molar-refractivity contribution in [3.8, 4) is 17.1 Å². The fraction of sp³-hybridized carbons (Fsp3) is 0.185. The summed E-state index contributed by atoms with van der Waals surface area (Å²) in [5.41, 5.74) is 8.39. The van der Waals surface area contributed by atoms with Crippen LogP contribution >= 0.6 is 11.6 Å². The molecule has 1 unspecified atom stereocenters. The number of hydrogen-bond donors (Lipinski definition) is 2. The van der Waals surface area contributed by atoms with Gasteiger partial charge >= 0.3 is 0 Å². The number of halogens is 1. The van der Waals surface area contributed by atoms with Crippen molar-refractivity contribution in [2.24, 2.45) is 5.73 Å². The molecule has 0 bridgehead atoms. The number of imidazole rings is 1. The monoisotopic (exact) mass is 517 g/mol. The topological polar surface area (TPSA) is 121 Å². The molecule has 9 nitrogen and oxygen atoms in total. The molecule has 1 aliphatic rings. The van der Waals surface area contributed by atoms with E-state index in [2.05, 4.69) is 15.3 Å². The summed E-state index contributed by atoms with van der Waals surface area (Å²) in [6, 6.07) is 19.6. The number of carbonyl (C=O) groups excluding carboxylic acids is 2. The summed E-state index contributed by atoms with van der Waals surface area (Å²) in [6.07, 6.45) is 5.04. The van der Waals surface area contributed by atoms with Crippen LogP contribution in [-0.4, -0.2) is 51.4 Å². The molecule has 37 heavy (non-hydrogen) atoms.